The largest absolute Gasteiger partial charge is 0.332 e. The van der Waals surface area contributed by atoms with E-state index in [-0.39, 0.29) is 12.0 Å². The number of carbonyl (C=O) groups is 1. The Bertz CT molecular complexity index is 746. The van der Waals surface area contributed by atoms with Crippen molar-refractivity contribution in [2.24, 2.45) is 5.92 Å². The van der Waals surface area contributed by atoms with Gasteiger partial charge in [0, 0.05) is 38.1 Å². The number of amides is 1. The van der Waals surface area contributed by atoms with Gasteiger partial charge in [-0.15, -0.1) is 0 Å². The van der Waals surface area contributed by atoms with E-state index in [9.17, 15) is 4.79 Å². The maximum absolute atomic E-state index is 12.9. The van der Waals surface area contributed by atoms with Gasteiger partial charge in [0.2, 0.25) is 5.91 Å². The molecule has 3 aliphatic heterocycles. The standard InChI is InChI=1S/C21H26N4O/c1-2-16-6-8-19(23-11-16)13-24-12-17-7-9-20(15-24)25(21(17)26)14-18-5-3-4-10-22-18/h3-6,8,10-11,17,20H,2,7,9,12-15H2,1H3/t17-,20+/m0/s1. The van der Waals surface area contributed by atoms with Crippen LogP contribution < -0.4 is 0 Å². The zero-order valence-electron chi connectivity index (χ0n) is 15.3. The first-order valence-electron chi connectivity index (χ1n) is 9.59. The Kier molecular flexibility index (Phi) is 4.98. The maximum atomic E-state index is 12.9. The summed E-state index contributed by atoms with van der Waals surface area (Å²) in [5.74, 6) is 0.399. The van der Waals surface area contributed by atoms with Crippen molar-refractivity contribution in [1.82, 2.24) is 19.8 Å². The van der Waals surface area contributed by atoms with Crippen LogP contribution >= 0.6 is 0 Å². The van der Waals surface area contributed by atoms with Gasteiger partial charge in [-0.25, -0.2) is 0 Å². The summed E-state index contributed by atoms with van der Waals surface area (Å²) in [7, 11) is 0. The minimum Gasteiger partial charge on any atom is -0.332 e. The summed E-state index contributed by atoms with van der Waals surface area (Å²) in [5.41, 5.74) is 3.32. The summed E-state index contributed by atoms with van der Waals surface area (Å²) in [6.07, 6.45) is 6.87. The molecule has 5 rings (SSSR count). The lowest BCUT2D eigenvalue weighted by atomic mass is 9.94. The molecular formula is C21H26N4O. The average molecular weight is 350 g/mol. The highest BCUT2D eigenvalue weighted by molar-refractivity contribution is 5.80. The Morgan fingerprint density at radius 1 is 1.04 bits per heavy atom. The molecule has 2 bridgehead atoms. The third-order valence-electron chi connectivity index (χ3n) is 5.61. The third-order valence-corrected chi connectivity index (χ3v) is 5.61. The lowest BCUT2D eigenvalue weighted by molar-refractivity contribution is -0.140. The van der Waals surface area contributed by atoms with Gasteiger partial charge < -0.3 is 4.90 Å². The van der Waals surface area contributed by atoms with Gasteiger partial charge in [-0.05, 0) is 43.0 Å². The molecule has 0 radical (unpaired) electrons. The molecule has 2 atom stereocenters. The summed E-state index contributed by atoms with van der Waals surface area (Å²) in [6, 6.07) is 10.5. The van der Waals surface area contributed by atoms with Crippen LogP contribution in [0.5, 0.6) is 0 Å². The number of fused-ring (bicyclic) bond motifs is 4. The predicted molar refractivity (Wildman–Crippen MR) is 100 cm³/mol. The Balaban J connectivity index is 1.47. The van der Waals surface area contributed by atoms with Gasteiger partial charge in [-0.1, -0.05) is 19.1 Å². The molecule has 3 saturated heterocycles. The van der Waals surface area contributed by atoms with Crippen molar-refractivity contribution in [3.05, 3.63) is 59.7 Å². The third kappa shape index (κ3) is 3.63. The number of carbonyl (C=O) groups excluding carboxylic acids is 1. The van der Waals surface area contributed by atoms with Crippen molar-refractivity contribution in [3.63, 3.8) is 0 Å². The predicted octanol–water partition coefficient (Wildman–Crippen LogP) is 2.66. The molecule has 3 aliphatic rings. The molecular weight excluding hydrogens is 324 g/mol. The Labute approximate surface area is 155 Å². The van der Waals surface area contributed by atoms with Crippen LogP contribution in [0.4, 0.5) is 0 Å². The van der Waals surface area contributed by atoms with Gasteiger partial charge in [0.1, 0.15) is 0 Å². The lowest BCUT2D eigenvalue weighted by Gasteiger charge is -2.35. The van der Waals surface area contributed by atoms with Crippen LogP contribution in [0.15, 0.2) is 42.7 Å². The molecule has 0 saturated carbocycles. The van der Waals surface area contributed by atoms with Gasteiger partial charge in [-0.2, -0.15) is 0 Å². The number of pyridine rings is 2. The van der Waals surface area contributed by atoms with Gasteiger partial charge in [-0.3, -0.25) is 19.7 Å². The Morgan fingerprint density at radius 3 is 2.65 bits per heavy atom. The van der Waals surface area contributed by atoms with Crippen molar-refractivity contribution < 1.29 is 4.79 Å². The lowest BCUT2D eigenvalue weighted by Crippen LogP contribution is -2.47. The van der Waals surface area contributed by atoms with E-state index < -0.39 is 0 Å². The Hall–Kier alpha value is -2.27. The second kappa shape index (κ2) is 7.54. The fourth-order valence-corrected chi connectivity index (χ4v) is 4.12. The van der Waals surface area contributed by atoms with E-state index in [1.165, 1.54) is 5.56 Å². The fraction of sp³-hybridized carbons (Fsp3) is 0.476. The topological polar surface area (TPSA) is 49.3 Å². The van der Waals surface area contributed by atoms with Crippen molar-refractivity contribution in [1.29, 1.82) is 0 Å². The first-order valence-corrected chi connectivity index (χ1v) is 9.59. The molecule has 5 heterocycles. The second-order valence-electron chi connectivity index (χ2n) is 7.42. The number of aromatic nitrogens is 2. The van der Waals surface area contributed by atoms with Crippen molar-refractivity contribution in [3.8, 4) is 0 Å². The van der Waals surface area contributed by atoms with Crippen LogP contribution in [0.1, 0.15) is 36.7 Å². The number of piperidine rings is 1. The summed E-state index contributed by atoms with van der Waals surface area (Å²) in [5, 5.41) is 0. The second-order valence-corrected chi connectivity index (χ2v) is 7.42. The van der Waals surface area contributed by atoms with Crippen LogP contribution in [0, 0.1) is 5.92 Å². The van der Waals surface area contributed by atoms with E-state index in [0.29, 0.717) is 12.5 Å². The molecule has 0 aromatic carbocycles. The number of rotatable bonds is 5. The molecule has 2 aromatic heterocycles. The molecule has 5 heteroatoms. The highest BCUT2D eigenvalue weighted by Crippen LogP contribution is 2.30. The quantitative estimate of drug-likeness (QED) is 0.832. The number of hydrogen-bond donors (Lipinski definition) is 0. The number of hydrogen-bond acceptors (Lipinski definition) is 4. The van der Waals surface area contributed by atoms with E-state index in [2.05, 4.69) is 38.8 Å². The molecule has 0 spiro atoms. The smallest absolute Gasteiger partial charge is 0.227 e. The van der Waals surface area contributed by atoms with Crippen molar-refractivity contribution >= 4 is 5.91 Å². The average Bonchev–Trinajstić information content (AvgIpc) is 2.95. The van der Waals surface area contributed by atoms with Gasteiger partial charge in [0.15, 0.2) is 0 Å². The Morgan fingerprint density at radius 2 is 1.92 bits per heavy atom. The maximum Gasteiger partial charge on any atom is 0.227 e. The van der Waals surface area contributed by atoms with Crippen LogP contribution in [0.3, 0.4) is 0 Å². The molecule has 0 N–H and O–H groups in total. The molecule has 1 amide bonds. The zero-order chi connectivity index (χ0) is 17.9. The minimum absolute atomic E-state index is 0.104. The molecule has 26 heavy (non-hydrogen) atoms. The SMILES string of the molecule is CCc1ccc(CN2C[C@@H]3CC[C@H](C2)N(Cc2ccccn2)C3=O)nc1. The van der Waals surface area contributed by atoms with E-state index >= 15 is 0 Å². The fourth-order valence-electron chi connectivity index (χ4n) is 4.12. The highest BCUT2D eigenvalue weighted by atomic mass is 16.2. The van der Waals surface area contributed by atoms with E-state index in [1.54, 1.807) is 6.20 Å². The summed E-state index contributed by atoms with van der Waals surface area (Å²) in [6.45, 7) is 5.35. The van der Waals surface area contributed by atoms with Gasteiger partial charge in [0.05, 0.1) is 23.9 Å². The molecule has 3 fully saturated rings. The molecule has 5 nitrogen and oxygen atoms in total. The minimum atomic E-state index is 0.104. The molecule has 0 aliphatic carbocycles. The van der Waals surface area contributed by atoms with Crippen LogP contribution in [0.2, 0.25) is 0 Å². The first kappa shape index (κ1) is 17.2. The summed E-state index contributed by atoms with van der Waals surface area (Å²) >= 11 is 0. The van der Waals surface area contributed by atoms with Crippen molar-refractivity contribution in [2.45, 2.75) is 45.3 Å². The molecule has 136 valence electrons. The van der Waals surface area contributed by atoms with Crippen molar-refractivity contribution in [2.75, 3.05) is 13.1 Å². The van der Waals surface area contributed by atoms with Gasteiger partial charge in [0.25, 0.3) is 0 Å². The van der Waals surface area contributed by atoms with Crippen LogP contribution in [-0.4, -0.2) is 44.8 Å². The van der Waals surface area contributed by atoms with Crippen LogP contribution in [0.25, 0.3) is 0 Å². The van der Waals surface area contributed by atoms with E-state index in [1.807, 2.05) is 24.4 Å². The highest BCUT2D eigenvalue weighted by Gasteiger charge is 2.40. The van der Waals surface area contributed by atoms with Crippen LogP contribution in [-0.2, 0) is 24.3 Å². The number of aryl methyl sites for hydroxylation is 1. The molecule has 0 unspecified atom stereocenters. The summed E-state index contributed by atoms with van der Waals surface area (Å²) in [4.78, 5) is 26.4. The van der Waals surface area contributed by atoms with E-state index in [0.717, 1.165) is 50.3 Å². The summed E-state index contributed by atoms with van der Waals surface area (Å²) < 4.78 is 0. The first-order chi connectivity index (χ1) is 12.7. The normalized spacial score (nSPS) is 23.3. The molecule has 2 aromatic rings. The van der Waals surface area contributed by atoms with Gasteiger partial charge >= 0.3 is 0 Å². The zero-order valence-corrected chi connectivity index (χ0v) is 15.3. The monoisotopic (exact) mass is 350 g/mol. The number of nitrogens with zero attached hydrogens (tertiary/aromatic N) is 4. The van der Waals surface area contributed by atoms with E-state index in [4.69, 9.17) is 0 Å².